The number of halogens is 1. The predicted octanol–water partition coefficient (Wildman–Crippen LogP) is 2.23. The van der Waals surface area contributed by atoms with Crippen LogP contribution in [0.2, 0.25) is 5.02 Å². The maximum atomic E-state index is 12.5. The molecule has 0 aliphatic heterocycles. The fraction of sp³-hybridized carbons (Fsp3) is 0. The van der Waals surface area contributed by atoms with Gasteiger partial charge in [-0.3, -0.25) is 4.79 Å². The van der Waals surface area contributed by atoms with Gasteiger partial charge >= 0.3 is 5.69 Å². The van der Waals surface area contributed by atoms with Gasteiger partial charge in [0.2, 0.25) is 0 Å². The topological polar surface area (TPSA) is 78.1 Å². The van der Waals surface area contributed by atoms with Crippen molar-refractivity contribution in [3.63, 3.8) is 0 Å². The fourth-order valence-electron chi connectivity index (χ4n) is 2.14. The predicted molar refractivity (Wildman–Crippen MR) is 88.9 cm³/mol. The maximum absolute atomic E-state index is 12.5. The van der Waals surface area contributed by atoms with Crippen LogP contribution in [0.4, 0.5) is 0 Å². The number of nitrogens with zero attached hydrogens (tertiary/aromatic N) is 2. The van der Waals surface area contributed by atoms with Gasteiger partial charge in [0.25, 0.3) is 15.9 Å². The second-order valence-corrected chi connectivity index (χ2v) is 7.13. The Morgan fingerprint density at radius 2 is 1.54 bits per heavy atom. The van der Waals surface area contributed by atoms with Crippen molar-refractivity contribution in [1.82, 2.24) is 8.54 Å². The number of carbonyl (C=O) groups is 1. The molecule has 2 aromatic carbocycles. The largest absolute Gasteiger partial charge is 0.349 e. The molecule has 24 heavy (non-hydrogen) atoms. The molecule has 0 spiro atoms. The van der Waals surface area contributed by atoms with Crippen molar-refractivity contribution in [2.75, 3.05) is 0 Å². The third kappa shape index (κ3) is 2.79. The van der Waals surface area contributed by atoms with Crippen LogP contribution in [0.15, 0.2) is 76.7 Å². The Kier molecular flexibility index (Phi) is 4.13. The number of hydrogen-bond donors (Lipinski definition) is 0. The van der Waals surface area contributed by atoms with Crippen molar-refractivity contribution in [1.29, 1.82) is 0 Å². The van der Waals surface area contributed by atoms with Gasteiger partial charge in [-0.25, -0.2) is 17.8 Å². The number of hydrogen-bond acceptors (Lipinski definition) is 4. The number of carbonyl (C=O) groups excluding carboxylic acids is 1. The lowest BCUT2D eigenvalue weighted by Crippen LogP contribution is -2.32. The maximum Gasteiger partial charge on any atom is 0.349 e. The Morgan fingerprint density at radius 1 is 0.917 bits per heavy atom. The number of rotatable bonds is 3. The first kappa shape index (κ1) is 16.2. The highest BCUT2D eigenvalue weighted by Crippen LogP contribution is 2.16. The average molecular weight is 363 g/mol. The smallest absolute Gasteiger partial charge is 0.268 e. The minimum Gasteiger partial charge on any atom is -0.268 e. The first-order valence-corrected chi connectivity index (χ1v) is 8.64. The van der Waals surface area contributed by atoms with Crippen molar-refractivity contribution >= 4 is 27.5 Å². The molecule has 0 saturated carbocycles. The molecule has 0 amide bonds. The minimum atomic E-state index is -4.11. The molecule has 1 aromatic heterocycles. The number of benzene rings is 2. The van der Waals surface area contributed by atoms with Gasteiger partial charge in [0, 0.05) is 23.0 Å². The summed E-state index contributed by atoms with van der Waals surface area (Å²) in [6, 6.07) is 13.5. The minimum absolute atomic E-state index is 0.0982. The summed E-state index contributed by atoms with van der Waals surface area (Å²) in [5, 5.41) is 0.373. The van der Waals surface area contributed by atoms with Crippen molar-refractivity contribution in [3.8, 4) is 0 Å². The number of imidazole rings is 1. The van der Waals surface area contributed by atoms with Crippen LogP contribution in [0, 0.1) is 0 Å². The first-order chi connectivity index (χ1) is 11.4. The van der Waals surface area contributed by atoms with Gasteiger partial charge in [-0.1, -0.05) is 29.8 Å². The summed E-state index contributed by atoms with van der Waals surface area (Å²) in [4.78, 5) is 24.6. The third-order valence-corrected chi connectivity index (χ3v) is 5.27. The molecule has 3 rings (SSSR count). The van der Waals surface area contributed by atoms with Crippen molar-refractivity contribution in [2.24, 2.45) is 0 Å². The summed E-state index contributed by atoms with van der Waals surface area (Å²) in [5.41, 5.74) is -0.681. The highest BCUT2D eigenvalue weighted by atomic mass is 35.5. The van der Waals surface area contributed by atoms with E-state index in [4.69, 9.17) is 11.6 Å². The van der Waals surface area contributed by atoms with E-state index in [-0.39, 0.29) is 10.5 Å². The van der Waals surface area contributed by atoms with E-state index in [1.807, 2.05) is 0 Å². The zero-order valence-electron chi connectivity index (χ0n) is 12.2. The van der Waals surface area contributed by atoms with Gasteiger partial charge in [0.1, 0.15) is 0 Å². The lowest BCUT2D eigenvalue weighted by atomic mass is 10.2. The summed E-state index contributed by atoms with van der Waals surface area (Å²) >= 11 is 5.74. The van der Waals surface area contributed by atoms with Crippen molar-refractivity contribution in [3.05, 3.63) is 88.1 Å². The summed E-state index contributed by atoms with van der Waals surface area (Å²) in [6.07, 6.45) is 2.18. The highest BCUT2D eigenvalue weighted by molar-refractivity contribution is 7.90. The monoisotopic (exact) mass is 362 g/mol. The average Bonchev–Trinajstić information content (AvgIpc) is 2.97. The van der Waals surface area contributed by atoms with Crippen molar-refractivity contribution in [2.45, 2.75) is 4.90 Å². The van der Waals surface area contributed by atoms with Gasteiger partial charge in [-0.15, -0.1) is 0 Å². The lowest BCUT2D eigenvalue weighted by Gasteiger charge is -2.04. The molecule has 0 fully saturated rings. The standard InChI is InChI=1S/C16H11ClN2O4S/c17-13-6-8-14(9-7-13)24(22,23)19-11-10-18(16(19)21)15(20)12-4-2-1-3-5-12/h1-11H. The number of aromatic nitrogens is 2. The molecule has 8 heteroatoms. The summed E-state index contributed by atoms with van der Waals surface area (Å²) in [6.45, 7) is 0. The molecule has 122 valence electrons. The highest BCUT2D eigenvalue weighted by Gasteiger charge is 2.22. The van der Waals surface area contributed by atoms with Gasteiger partial charge in [0.05, 0.1) is 4.90 Å². The van der Waals surface area contributed by atoms with E-state index >= 15 is 0 Å². The van der Waals surface area contributed by atoms with E-state index in [9.17, 15) is 18.0 Å². The van der Waals surface area contributed by atoms with Gasteiger partial charge in [0.15, 0.2) is 0 Å². The van der Waals surface area contributed by atoms with Crippen molar-refractivity contribution < 1.29 is 13.2 Å². The summed E-state index contributed by atoms with van der Waals surface area (Å²) < 4.78 is 26.3. The molecule has 0 atom stereocenters. The van der Waals surface area contributed by atoms with Crippen LogP contribution in [0.1, 0.15) is 10.4 Å². The molecular formula is C16H11ClN2O4S. The lowest BCUT2D eigenvalue weighted by molar-refractivity contribution is 0.0956. The molecule has 0 N–H and O–H groups in total. The summed E-state index contributed by atoms with van der Waals surface area (Å²) in [5.74, 6) is -0.606. The van der Waals surface area contributed by atoms with Gasteiger partial charge in [-0.05, 0) is 36.4 Å². The van der Waals surface area contributed by atoms with Crippen LogP contribution in [-0.4, -0.2) is 22.9 Å². The fourth-order valence-corrected chi connectivity index (χ4v) is 3.48. The van der Waals surface area contributed by atoms with Gasteiger partial charge < -0.3 is 0 Å². The van der Waals surface area contributed by atoms with E-state index in [0.717, 1.165) is 17.0 Å². The van der Waals surface area contributed by atoms with Gasteiger partial charge in [-0.2, -0.15) is 3.97 Å². The van der Waals surface area contributed by atoms with Crippen LogP contribution in [0.25, 0.3) is 0 Å². The molecule has 0 radical (unpaired) electrons. The molecule has 0 aliphatic rings. The van der Waals surface area contributed by atoms with E-state index in [1.165, 1.54) is 24.3 Å². The van der Waals surface area contributed by atoms with Crippen LogP contribution in [0.5, 0.6) is 0 Å². The molecule has 1 heterocycles. The SMILES string of the molecule is O=C(c1ccccc1)n1ccn(S(=O)(=O)c2ccc(Cl)cc2)c1=O. The van der Waals surface area contributed by atoms with E-state index in [0.29, 0.717) is 9.00 Å². The molecule has 3 aromatic rings. The molecular weight excluding hydrogens is 352 g/mol. The van der Waals surface area contributed by atoms with E-state index in [1.54, 1.807) is 30.3 Å². The Bertz CT molecular complexity index is 1050. The van der Waals surface area contributed by atoms with Crippen LogP contribution in [0.3, 0.4) is 0 Å². The van der Waals surface area contributed by atoms with Crippen LogP contribution >= 0.6 is 11.6 Å². The Hall–Kier alpha value is -2.64. The Labute approximate surface area is 142 Å². The third-order valence-electron chi connectivity index (χ3n) is 3.36. The van der Waals surface area contributed by atoms with Crippen LogP contribution in [-0.2, 0) is 10.0 Å². The molecule has 0 unspecified atom stereocenters. The first-order valence-electron chi connectivity index (χ1n) is 6.82. The molecule has 0 aliphatic carbocycles. The Morgan fingerprint density at radius 3 is 2.17 bits per heavy atom. The molecule has 0 bridgehead atoms. The molecule has 6 nitrogen and oxygen atoms in total. The summed E-state index contributed by atoms with van der Waals surface area (Å²) in [7, 11) is -4.11. The zero-order chi connectivity index (χ0) is 17.3. The Balaban J connectivity index is 2.06. The van der Waals surface area contributed by atoms with E-state index < -0.39 is 21.6 Å². The zero-order valence-corrected chi connectivity index (χ0v) is 13.7. The van der Waals surface area contributed by atoms with E-state index in [2.05, 4.69) is 0 Å². The quantitative estimate of drug-likeness (QED) is 0.715. The second-order valence-electron chi connectivity index (χ2n) is 4.88. The normalized spacial score (nSPS) is 11.4. The molecule has 0 saturated heterocycles. The second kappa shape index (κ2) is 6.10. The van der Waals surface area contributed by atoms with Crippen LogP contribution < -0.4 is 5.69 Å².